The number of nitrogens with zero attached hydrogens (tertiary/aromatic N) is 3. The van der Waals surface area contributed by atoms with Crippen LogP contribution in [0.2, 0.25) is 0 Å². The Labute approximate surface area is 146 Å². The minimum Gasteiger partial charge on any atom is -0.451 e. The summed E-state index contributed by atoms with van der Waals surface area (Å²) in [6.45, 7) is 1.86. The van der Waals surface area contributed by atoms with Crippen molar-refractivity contribution < 1.29 is 14.0 Å². The molecule has 1 spiro atoms. The van der Waals surface area contributed by atoms with Gasteiger partial charge in [0.05, 0.1) is 5.41 Å². The smallest absolute Gasteiger partial charge is 0.275 e. The van der Waals surface area contributed by atoms with Crippen molar-refractivity contribution in [1.82, 2.24) is 9.88 Å². The first-order valence-corrected chi connectivity index (χ1v) is 8.74. The number of benzene rings is 1. The van der Waals surface area contributed by atoms with Gasteiger partial charge in [-0.2, -0.15) is 0 Å². The number of piperidine rings is 2. The summed E-state index contributed by atoms with van der Waals surface area (Å²) in [5.41, 5.74) is 0.762. The topological polar surface area (TPSA) is 66.7 Å². The molecule has 2 amide bonds. The molecule has 2 aromatic rings. The number of para-hydroxylation sites is 1. The van der Waals surface area contributed by atoms with Crippen molar-refractivity contribution in [1.29, 1.82) is 0 Å². The summed E-state index contributed by atoms with van der Waals surface area (Å²) in [4.78, 5) is 33.5. The van der Waals surface area contributed by atoms with Crippen molar-refractivity contribution in [3.8, 4) is 0 Å². The predicted molar refractivity (Wildman–Crippen MR) is 92.1 cm³/mol. The molecule has 0 radical (unpaired) electrons. The molecule has 3 heterocycles. The van der Waals surface area contributed by atoms with Crippen molar-refractivity contribution in [2.45, 2.75) is 25.7 Å². The highest BCUT2D eigenvalue weighted by Crippen LogP contribution is 2.41. The molecular weight excluding hydrogens is 318 g/mol. The van der Waals surface area contributed by atoms with Crippen LogP contribution in [0.3, 0.4) is 0 Å². The van der Waals surface area contributed by atoms with Gasteiger partial charge in [-0.05, 0) is 37.8 Å². The van der Waals surface area contributed by atoms with E-state index in [1.807, 2.05) is 35.2 Å². The number of likely N-dealkylation sites (tertiary alicyclic amines) is 1. The lowest BCUT2D eigenvalue weighted by Gasteiger charge is -2.47. The monoisotopic (exact) mass is 339 g/mol. The van der Waals surface area contributed by atoms with E-state index < -0.39 is 5.41 Å². The van der Waals surface area contributed by atoms with Crippen LogP contribution in [0, 0.1) is 5.41 Å². The van der Waals surface area contributed by atoms with Gasteiger partial charge >= 0.3 is 0 Å². The third-order valence-electron chi connectivity index (χ3n) is 5.32. The number of aromatic nitrogens is 1. The first kappa shape index (κ1) is 15.9. The number of oxazole rings is 1. The van der Waals surface area contributed by atoms with Gasteiger partial charge in [-0.25, -0.2) is 4.98 Å². The summed E-state index contributed by atoms with van der Waals surface area (Å²) >= 11 is 0. The van der Waals surface area contributed by atoms with E-state index in [-0.39, 0.29) is 11.8 Å². The molecular formula is C19H21N3O3. The van der Waals surface area contributed by atoms with Gasteiger partial charge in [-0.1, -0.05) is 18.2 Å². The van der Waals surface area contributed by atoms with Crippen LogP contribution in [-0.2, 0) is 4.79 Å². The molecule has 0 aliphatic carbocycles. The fourth-order valence-corrected chi connectivity index (χ4v) is 4.09. The fourth-order valence-electron chi connectivity index (χ4n) is 4.09. The molecule has 2 saturated heterocycles. The Hall–Kier alpha value is -2.63. The Morgan fingerprint density at radius 1 is 1.12 bits per heavy atom. The van der Waals surface area contributed by atoms with Crippen LogP contribution in [0.5, 0.6) is 0 Å². The third kappa shape index (κ3) is 2.81. The van der Waals surface area contributed by atoms with Crippen molar-refractivity contribution in [2.24, 2.45) is 5.41 Å². The molecule has 130 valence electrons. The van der Waals surface area contributed by atoms with Crippen LogP contribution in [-0.4, -0.2) is 41.3 Å². The van der Waals surface area contributed by atoms with Crippen molar-refractivity contribution in [3.05, 3.63) is 48.7 Å². The third-order valence-corrected chi connectivity index (χ3v) is 5.32. The zero-order chi connectivity index (χ0) is 17.3. The van der Waals surface area contributed by atoms with E-state index in [0.717, 1.165) is 37.9 Å². The molecule has 1 aromatic heterocycles. The van der Waals surface area contributed by atoms with Crippen LogP contribution in [0.15, 0.2) is 47.4 Å². The van der Waals surface area contributed by atoms with E-state index >= 15 is 0 Å². The molecule has 6 nitrogen and oxygen atoms in total. The summed E-state index contributed by atoms with van der Waals surface area (Å²) in [5.74, 6) is -0.0138. The zero-order valence-electron chi connectivity index (χ0n) is 14.1. The van der Waals surface area contributed by atoms with Gasteiger partial charge in [0.2, 0.25) is 5.91 Å². The average Bonchev–Trinajstić information content (AvgIpc) is 3.19. The molecule has 0 bridgehead atoms. The molecule has 2 fully saturated rings. The second-order valence-electron chi connectivity index (χ2n) is 6.88. The highest BCUT2D eigenvalue weighted by Gasteiger charge is 2.47. The lowest BCUT2D eigenvalue weighted by atomic mass is 9.72. The summed E-state index contributed by atoms with van der Waals surface area (Å²) in [7, 11) is 0. The van der Waals surface area contributed by atoms with Crippen molar-refractivity contribution in [2.75, 3.05) is 24.5 Å². The highest BCUT2D eigenvalue weighted by atomic mass is 16.3. The Balaban J connectivity index is 1.58. The van der Waals surface area contributed by atoms with E-state index in [2.05, 4.69) is 4.98 Å². The maximum Gasteiger partial charge on any atom is 0.275 e. The Morgan fingerprint density at radius 3 is 2.60 bits per heavy atom. The van der Waals surface area contributed by atoms with Crippen LogP contribution in [0.25, 0.3) is 0 Å². The number of amides is 2. The molecule has 0 saturated carbocycles. The normalized spacial score (nSPS) is 23.9. The van der Waals surface area contributed by atoms with Gasteiger partial charge in [0.1, 0.15) is 6.26 Å². The first-order chi connectivity index (χ1) is 12.2. The minimum atomic E-state index is -0.480. The van der Waals surface area contributed by atoms with E-state index in [1.165, 1.54) is 12.7 Å². The van der Waals surface area contributed by atoms with E-state index in [0.29, 0.717) is 18.8 Å². The van der Waals surface area contributed by atoms with E-state index in [1.54, 1.807) is 4.90 Å². The van der Waals surface area contributed by atoms with Gasteiger partial charge < -0.3 is 14.2 Å². The maximum atomic E-state index is 13.3. The number of anilines is 1. The quantitative estimate of drug-likeness (QED) is 0.844. The minimum absolute atomic E-state index is 0.141. The Bertz CT molecular complexity index is 755. The molecule has 0 N–H and O–H groups in total. The zero-order valence-corrected chi connectivity index (χ0v) is 14.1. The summed E-state index contributed by atoms with van der Waals surface area (Å²) in [5, 5.41) is 0. The lowest BCUT2D eigenvalue weighted by Crippen LogP contribution is -2.57. The van der Waals surface area contributed by atoms with Crippen LogP contribution in [0.4, 0.5) is 5.69 Å². The van der Waals surface area contributed by atoms with Gasteiger partial charge in [-0.3, -0.25) is 9.59 Å². The van der Waals surface area contributed by atoms with Gasteiger partial charge in [0.15, 0.2) is 12.1 Å². The van der Waals surface area contributed by atoms with Crippen LogP contribution in [0.1, 0.15) is 36.2 Å². The predicted octanol–water partition coefficient (Wildman–Crippen LogP) is 2.72. The molecule has 6 heteroatoms. The first-order valence-electron chi connectivity index (χ1n) is 8.74. The second-order valence-corrected chi connectivity index (χ2v) is 6.88. The maximum absolute atomic E-state index is 13.3. The number of carbonyl (C=O) groups excluding carboxylic acids is 2. The number of carbonyl (C=O) groups is 2. The Morgan fingerprint density at radius 2 is 1.88 bits per heavy atom. The fraction of sp³-hybridized carbons (Fsp3) is 0.421. The molecule has 1 unspecified atom stereocenters. The second kappa shape index (κ2) is 6.35. The SMILES string of the molecule is O=C(c1cocn1)N1CCCC2(CCCN(c3ccccc3)C2=O)C1. The van der Waals surface area contributed by atoms with E-state index in [4.69, 9.17) is 4.42 Å². The number of hydrogen-bond acceptors (Lipinski definition) is 4. The summed E-state index contributed by atoms with van der Waals surface area (Å²) in [6.07, 6.45) is 6.07. The van der Waals surface area contributed by atoms with Gasteiger partial charge in [0.25, 0.3) is 5.91 Å². The van der Waals surface area contributed by atoms with Crippen LogP contribution < -0.4 is 4.90 Å². The lowest BCUT2D eigenvalue weighted by molar-refractivity contribution is -0.133. The molecule has 2 aliphatic rings. The van der Waals surface area contributed by atoms with Gasteiger partial charge in [-0.15, -0.1) is 0 Å². The molecule has 1 aromatic carbocycles. The standard InChI is InChI=1S/C19H21N3O3/c23-17(16-12-25-14-20-16)21-10-4-8-19(13-21)9-5-11-22(18(19)24)15-6-2-1-3-7-15/h1-3,6-7,12,14H,4-5,8-11,13H2. The summed E-state index contributed by atoms with van der Waals surface area (Å²) < 4.78 is 4.93. The molecule has 4 rings (SSSR count). The van der Waals surface area contributed by atoms with Gasteiger partial charge in [0, 0.05) is 25.3 Å². The largest absolute Gasteiger partial charge is 0.451 e. The highest BCUT2D eigenvalue weighted by molar-refractivity contribution is 5.99. The number of hydrogen-bond donors (Lipinski definition) is 0. The molecule has 2 aliphatic heterocycles. The van der Waals surface area contributed by atoms with Crippen molar-refractivity contribution >= 4 is 17.5 Å². The molecule has 25 heavy (non-hydrogen) atoms. The molecule has 1 atom stereocenters. The summed E-state index contributed by atoms with van der Waals surface area (Å²) in [6, 6.07) is 9.79. The van der Waals surface area contributed by atoms with Crippen molar-refractivity contribution in [3.63, 3.8) is 0 Å². The van der Waals surface area contributed by atoms with Crippen LogP contribution >= 0.6 is 0 Å². The Kier molecular flexibility index (Phi) is 4.03. The number of rotatable bonds is 2. The average molecular weight is 339 g/mol. The van der Waals surface area contributed by atoms with E-state index in [9.17, 15) is 9.59 Å².